The third-order valence-electron chi connectivity index (χ3n) is 7.10. The van der Waals surface area contributed by atoms with E-state index in [1.807, 2.05) is 31.2 Å². The standard InChI is InChI=1S/C25H32N6O5/c1-3-35-25(33)16-8-10-30(11-9-16)22(23-27-28-29-31(23)15-19-5-4-12-36-19)20-13-17-6-7-18(34-2)14-21(17)26-24(20)32/h6-7,13-14,16,19,22H,3-5,8-12,15H2,1-2H3,(H,26,32)/t19-,22-/m0/s1. The Labute approximate surface area is 208 Å². The zero-order valence-electron chi connectivity index (χ0n) is 20.7. The minimum Gasteiger partial charge on any atom is -0.497 e. The summed E-state index contributed by atoms with van der Waals surface area (Å²) in [4.78, 5) is 30.9. The maximum Gasteiger partial charge on any atom is 0.309 e. The second-order valence-electron chi connectivity index (χ2n) is 9.33. The molecule has 2 aliphatic rings. The Balaban J connectivity index is 1.51. The van der Waals surface area contributed by atoms with E-state index in [0.717, 1.165) is 24.8 Å². The number of benzene rings is 1. The summed E-state index contributed by atoms with van der Waals surface area (Å²) in [6.07, 6.45) is 3.30. The highest BCUT2D eigenvalue weighted by atomic mass is 16.5. The Hall–Kier alpha value is -3.31. The summed E-state index contributed by atoms with van der Waals surface area (Å²) in [6.45, 7) is 4.68. The molecule has 11 heteroatoms. The van der Waals surface area contributed by atoms with E-state index in [2.05, 4.69) is 25.4 Å². The van der Waals surface area contributed by atoms with Gasteiger partial charge in [-0.15, -0.1) is 5.10 Å². The van der Waals surface area contributed by atoms with Crippen molar-refractivity contribution in [2.75, 3.05) is 33.4 Å². The molecule has 1 aromatic carbocycles. The van der Waals surface area contributed by atoms with Gasteiger partial charge in [0.2, 0.25) is 0 Å². The van der Waals surface area contributed by atoms with Crippen LogP contribution in [-0.2, 0) is 20.8 Å². The largest absolute Gasteiger partial charge is 0.497 e. The van der Waals surface area contributed by atoms with Crippen molar-refractivity contribution in [2.45, 2.75) is 51.3 Å². The summed E-state index contributed by atoms with van der Waals surface area (Å²) >= 11 is 0. The van der Waals surface area contributed by atoms with Crippen LogP contribution in [0.3, 0.4) is 0 Å². The SMILES string of the molecule is CCOC(=O)C1CCN([C@@H](c2cc3ccc(OC)cc3[nH]c2=O)c2nnnn2C[C@@H]2CCCO2)CC1. The molecule has 2 atom stereocenters. The van der Waals surface area contributed by atoms with Crippen LogP contribution in [0.2, 0.25) is 0 Å². The van der Waals surface area contributed by atoms with Gasteiger partial charge in [0, 0.05) is 31.3 Å². The molecule has 0 amide bonds. The highest BCUT2D eigenvalue weighted by Crippen LogP contribution is 2.32. The fourth-order valence-electron chi connectivity index (χ4n) is 5.20. The van der Waals surface area contributed by atoms with Crippen molar-refractivity contribution >= 4 is 16.9 Å². The number of hydrogen-bond acceptors (Lipinski definition) is 9. The maximum absolute atomic E-state index is 13.4. The van der Waals surface area contributed by atoms with Crippen molar-refractivity contribution in [2.24, 2.45) is 5.92 Å². The fraction of sp³-hybridized carbons (Fsp3) is 0.560. The number of rotatable bonds is 8. The van der Waals surface area contributed by atoms with Crippen LogP contribution in [0.1, 0.15) is 50.0 Å². The number of carbonyl (C=O) groups excluding carboxylic acids is 1. The van der Waals surface area contributed by atoms with Gasteiger partial charge in [-0.2, -0.15) is 0 Å². The summed E-state index contributed by atoms with van der Waals surface area (Å²) in [6, 6.07) is 7.03. The van der Waals surface area contributed by atoms with Gasteiger partial charge in [0.05, 0.1) is 37.8 Å². The number of esters is 1. The number of tetrazole rings is 1. The molecular formula is C25H32N6O5. The van der Waals surface area contributed by atoms with Gasteiger partial charge in [-0.1, -0.05) is 0 Å². The van der Waals surface area contributed by atoms with E-state index in [1.54, 1.807) is 11.8 Å². The second-order valence-corrected chi connectivity index (χ2v) is 9.33. The van der Waals surface area contributed by atoms with Crippen molar-refractivity contribution in [3.8, 4) is 5.75 Å². The Bertz CT molecular complexity index is 1260. The number of H-pyrrole nitrogens is 1. The van der Waals surface area contributed by atoms with E-state index in [-0.39, 0.29) is 23.6 Å². The Morgan fingerprint density at radius 1 is 1.25 bits per heavy atom. The van der Waals surface area contributed by atoms with Gasteiger partial charge in [0.15, 0.2) is 5.82 Å². The second kappa shape index (κ2) is 10.8. The first kappa shape index (κ1) is 24.4. The summed E-state index contributed by atoms with van der Waals surface area (Å²) in [5.74, 6) is 0.962. The quantitative estimate of drug-likeness (QED) is 0.467. The highest BCUT2D eigenvalue weighted by molar-refractivity contribution is 5.80. The van der Waals surface area contributed by atoms with Crippen molar-refractivity contribution in [3.63, 3.8) is 0 Å². The molecule has 11 nitrogen and oxygen atoms in total. The predicted octanol–water partition coefficient (Wildman–Crippen LogP) is 2.07. The number of piperidine rings is 1. The molecule has 0 spiro atoms. The smallest absolute Gasteiger partial charge is 0.309 e. The summed E-state index contributed by atoms with van der Waals surface area (Å²) in [7, 11) is 1.59. The van der Waals surface area contributed by atoms with Crippen molar-refractivity contribution in [1.82, 2.24) is 30.1 Å². The van der Waals surface area contributed by atoms with Gasteiger partial charge in [0.25, 0.3) is 5.56 Å². The van der Waals surface area contributed by atoms with Crippen LogP contribution < -0.4 is 10.3 Å². The van der Waals surface area contributed by atoms with E-state index < -0.39 is 6.04 Å². The monoisotopic (exact) mass is 496 g/mol. The molecule has 5 rings (SSSR count). The summed E-state index contributed by atoms with van der Waals surface area (Å²) in [5, 5.41) is 13.5. The van der Waals surface area contributed by atoms with Crippen LogP contribution in [0.15, 0.2) is 29.1 Å². The maximum atomic E-state index is 13.4. The first-order chi connectivity index (χ1) is 17.6. The van der Waals surface area contributed by atoms with Gasteiger partial charge in [0.1, 0.15) is 11.8 Å². The number of aromatic amines is 1. The molecule has 4 heterocycles. The van der Waals surface area contributed by atoms with Gasteiger partial charge in [-0.05, 0) is 66.6 Å². The molecule has 192 valence electrons. The molecule has 0 bridgehead atoms. The van der Waals surface area contributed by atoms with Crippen LogP contribution in [-0.4, -0.2) is 75.6 Å². The van der Waals surface area contributed by atoms with Crippen LogP contribution in [0.4, 0.5) is 0 Å². The van der Waals surface area contributed by atoms with E-state index in [9.17, 15) is 9.59 Å². The van der Waals surface area contributed by atoms with Gasteiger partial charge < -0.3 is 19.2 Å². The van der Waals surface area contributed by atoms with E-state index >= 15 is 0 Å². The molecule has 2 aromatic heterocycles. The zero-order valence-corrected chi connectivity index (χ0v) is 20.7. The predicted molar refractivity (Wildman–Crippen MR) is 131 cm³/mol. The van der Waals surface area contributed by atoms with Gasteiger partial charge >= 0.3 is 5.97 Å². The molecule has 0 unspecified atom stereocenters. The summed E-state index contributed by atoms with van der Waals surface area (Å²) < 4.78 is 18.1. The van der Waals surface area contributed by atoms with Crippen molar-refractivity contribution in [3.05, 3.63) is 46.0 Å². The van der Waals surface area contributed by atoms with E-state index in [1.165, 1.54) is 0 Å². The Kier molecular flexibility index (Phi) is 7.28. The minimum absolute atomic E-state index is 0.0461. The molecule has 1 N–H and O–H groups in total. The lowest BCUT2D eigenvalue weighted by atomic mass is 9.94. The van der Waals surface area contributed by atoms with E-state index in [4.69, 9.17) is 14.2 Å². The number of hydrogen-bond donors (Lipinski definition) is 1. The fourth-order valence-corrected chi connectivity index (χ4v) is 5.20. The topological polar surface area (TPSA) is 124 Å². The first-order valence-electron chi connectivity index (χ1n) is 12.6. The van der Waals surface area contributed by atoms with Crippen LogP contribution >= 0.6 is 0 Å². The molecule has 0 saturated carbocycles. The first-order valence-corrected chi connectivity index (χ1v) is 12.6. The number of likely N-dealkylation sites (tertiary alicyclic amines) is 1. The molecule has 2 saturated heterocycles. The molecule has 2 aliphatic heterocycles. The van der Waals surface area contributed by atoms with Crippen molar-refractivity contribution < 1.29 is 19.0 Å². The minimum atomic E-state index is -0.472. The Morgan fingerprint density at radius 3 is 2.81 bits per heavy atom. The number of carbonyl (C=O) groups is 1. The summed E-state index contributed by atoms with van der Waals surface area (Å²) in [5.41, 5.74) is 1.05. The van der Waals surface area contributed by atoms with Crippen LogP contribution in [0, 0.1) is 5.92 Å². The average Bonchev–Trinajstić information content (AvgIpc) is 3.57. The number of pyridine rings is 1. The number of methoxy groups -OCH3 is 1. The van der Waals surface area contributed by atoms with E-state index in [0.29, 0.717) is 61.7 Å². The average molecular weight is 497 g/mol. The van der Waals surface area contributed by atoms with Crippen molar-refractivity contribution in [1.29, 1.82) is 0 Å². The number of ether oxygens (including phenoxy) is 3. The molecular weight excluding hydrogens is 464 g/mol. The third kappa shape index (κ3) is 4.98. The molecule has 3 aromatic rings. The van der Waals surface area contributed by atoms with Gasteiger partial charge in [-0.25, -0.2) is 4.68 Å². The number of aromatic nitrogens is 5. The van der Waals surface area contributed by atoms with Gasteiger partial charge in [-0.3, -0.25) is 14.5 Å². The Morgan fingerprint density at radius 2 is 2.08 bits per heavy atom. The lowest BCUT2D eigenvalue weighted by Crippen LogP contribution is -2.42. The van der Waals surface area contributed by atoms with Crippen LogP contribution in [0.25, 0.3) is 10.9 Å². The molecule has 36 heavy (non-hydrogen) atoms. The zero-order chi connectivity index (χ0) is 25.1. The third-order valence-corrected chi connectivity index (χ3v) is 7.10. The number of nitrogens with zero attached hydrogens (tertiary/aromatic N) is 5. The molecule has 0 radical (unpaired) electrons. The molecule has 0 aliphatic carbocycles. The lowest BCUT2D eigenvalue weighted by Gasteiger charge is -2.36. The number of fused-ring (bicyclic) bond motifs is 1. The normalized spacial score (nSPS) is 20.0. The lowest BCUT2D eigenvalue weighted by molar-refractivity contribution is -0.149. The number of nitrogens with one attached hydrogen (secondary N) is 1. The van der Waals surface area contributed by atoms with Crippen LogP contribution in [0.5, 0.6) is 5.75 Å². The molecule has 2 fully saturated rings. The highest BCUT2D eigenvalue weighted by Gasteiger charge is 2.35.